The molecule has 1 aliphatic rings. The molecule has 92 valence electrons. The fraction of sp³-hybridized carbons (Fsp3) is 0.462. The Balaban J connectivity index is 2.06. The largest absolute Gasteiger partial charge is 0.363 e. The summed E-state index contributed by atoms with van der Waals surface area (Å²) in [6.07, 6.45) is 4.62. The van der Waals surface area contributed by atoms with Crippen LogP contribution >= 0.6 is 23.2 Å². The first-order valence-corrected chi connectivity index (χ1v) is 6.45. The third-order valence-electron chi connectivity index (χ3n) is 3.19. The molecule has 0 saturated heterocycles. The highest BCUT2D eigenvalue weighted by molar-refractivity contribution is 6.33. The van der Waals surface area contributed by atoms with Crippen molar-refractivity contribution < 1.29 is 9.53 Å². The first-order valence-electron chi connectivity index (χ1n) is 5.69. The van der Waals surface area contributed by atoms with E-state index < -0.39 is 5.60 Å². The van der Waals surface area contributed by atoms with Gasteiger partial charge in [-0.25, -0.2) is 0 Å². The highest BCUT2D eigenvalue weighted by atomic mass is 35.5. The molecule has 0 radical (unpaired) electrons. The molecule has 0 N–H and O–H groups in total. The molecule has 1 saturated carbocycles. The predicted octanol–water partition coefficient (Wildman–Crippen LogP) is 4.02. The Kier molecular flexibility index (Phi) is 4.08. The summed E-state index contributed by atoms with van der Waals surface area (Å²) in [7, 11) is 0. The lowest BCUT2D eigenvalue weighted by atomic mass is 10.0. The molecule has 0 amide bonds. The topological polar surface area (TPSA) is 26.3 Å². The van der Waals surface area contributed by atoms with Crippen molar-refractivity contribution in [1.82, 2.24) is 0 Å². The van der Waals surface area contributed by atoms with Crippen LogP contribution in [0.1, 0.15) is 31.2 Å². The van der Waals surface area contributed by atoms with Crippen molar-refractivity contribution in [2.75, 3.05) is 0 Å². The Labute approximate surface area is 111 Å². The minimum atomic E-state index is -0.606. The number of rotatable bonds is 4. The van der Waals surface area contributed by atoms with Crippen molar-refractivity contribution in [1.29, 1.82) is 0 Å². The van der Waals surface area contributed by atoms with Crippen molar-refractivity contribution >= 4 is 29.5 Å². The predicted molar refractivity (Wildman–Crippen MR) is 68.5 cm³/mol. The van der Waals surface area contributed by atoms with Crippen molar-refractivity contribution in [3.63, 3.8) is 0 Å². The molecule has 0 spiro atoms. The average Bonchev–Trinajstić information content (AvgIpc) is 2.80. The summed E-state index contributed by atoms with van der Waals surface area (Å²) in [5.41, 5.74) is 0.221. The molecule has 1 aromatic rings. The van der Waals surface area contributed by atoms with Crippen LogP contribution in [-0.2, 0) is 16.1 Å². The van der Waals surface area contributed by atoms with Crippen molar-refractivity contribution in [3.8, 4) is 0 Å². The van der Waals surface area contributed by atoms with Gasteiger partial charge in [0.15, 0.2) is 6.29 Å². The lowest BCUT2D eigenvalue weighted by molar-refractivity contribution is -0.132. The van der Waals surface area contributed by atoms with E-state index in [2.05, 4.69) is 0 Å². The second kappa shape index (κ2) is 5.38. The van der Waals surface area contributed by atoms with Crippen molar-refractivity contribution in [2.24, 2.45) is 0 Å². The highest BCUT2D eigenvalue weighted by Gasteiger charge is 2.34. The maximum atomic E-state index is 11.1. The molecule has 2 nitrogen and oxygen atoms in total. The third kappa shape index (κ3) is 3.01. The van der Waals surface area contributed by atoms with E-state index in [-0.39, 0.29) is 0 Å². The molecule has 4 heteroatoms. The van der Waals surface area contributed by atoms with E-state index in [4.69, 9.17) is 27.9 Å². The number of hydrogen-bond donors (Lipinski definition) is 0. The molecular weight excluding hydrogens is 259 g/mol. The van der Waals surface area contributed by atoms with Gasteiger partial charge in [-0.3, -0.25) is 0 Å². The summed E-state index contributed by atoms with van der Waals surface area (Å²) in [6, 6.07) is 5.25. The van der Waals surface area contributed by atoms with E-state index in [0.717, 1.165) is 37.5 Å². The van der Waals surface area contributed by atoms with E-state index in [1.54, 1.807) is 18.2 Å². The van der Waals surface area contributed by atoms with Gasteiger partial charge < -0.3 is 9.53 Å². The molecule has 0 heterocycles. The Bertz CT molecular complexity index is 412. The van der Waals surface area contributed by atoms with E-state index >= 15 is 0 Å². The average molecular weight is 273 g/mol. The van der Waals surface area contributed by atoms with Crippen LogP contribution in [0.5, 0.6) is 0 Å². The van der Waals surface area contributed by atoms with Gasteiger partial charge in [0, 0.05) is 10.0 Å². The Hall–Kier alpha value is -0.570. The van der Waals surface area contributed by atoms with Crippen LogP contribution in [0.15, 0.2) is 18.2 Å². The number of halogens is 2. The van der Waals surface area contributed by atoms with Gasteiger partial charge in [-0.2, -0.15) is 0 Å². The van der Waals surface area contributed by atoms with Gasteiger partial charge in [0.1, 0.15) is 5.60 Å². The quantitative estimate of drug-likeness (QED) is 0.774. The summed E-state index contributed by atoms with van der Waals surface area (Å²) >= 11 is 11.9. The molecule has 0 unspecified atom stereocenters. The lowest BCUT2D eigenvalue weighted by Crippen LogP contribution is -2.30. The molecule has 0 bridgehead atoms. The minimum Gasteiger partial charge on any atom is -0.363 e. The van der Waals surface area contributed by atoms with Crippen molar-refractivity contribution in [2.45, 2.75) is 37.9 Å². The number of ether oxygens (including phenoxy) is 1. The normalized spacial score (nSPS) is 18.2. The maximum absolute atomic E-state index is 11.1. The third-order valence-corrected chi connectivity index (χ3v) is 3.79. The van der Waals surface area contributed by atoms with E-state index in [1.165, 1.54) is 0 Å². The van der Waals surface area contributed by atoms with Gasteiger partial charge >= 0.3 is 0 Å². The summed E-state index contributed by atoms with van der Waals surface area (Å²) in [4.78, 5) is 11.1. The van der Waals surface area contributed by atoms with Crippen LogP contribution in [0, 0.1) is 0 Å². The fourth-order valence-electron chi connectivity index (χ4n) is 2.15. The van der Waals surface area contributed by atoms with Gasteiger partial charge in [-0.1, -0.05) is 36.0 Å². The molecule has 0 aliphatic heterocycles. The second-order valence-corrected chi connectivity index (χ2v) is 5.26. The van der Waals surface area contributed by atoms with Crippen LogP contribution in [0.4, 0.5) is 0 Å². The van der Waals surface area contributed by atoms with Crippen LogP contribution in [0.3, 0.4) is 0 Å². The van der Waals surface area contributed by atoms with Crippen molar-refractivity contribution in [3.05, 3.63) is 33.8 Å². The highest BCUT2D eigenvalue weighted by Crippen LogP contribution is 2.33. The number of hydrogen-bond acceptors (Lipinski definition) is 2. The Morgan fingerprint density at radius 3 is 2.65 bits per heavy atom. The molecular formula is C13H14Cl2O2. The van der Waals surface area contributed by atoms with E-state index in [9.17, 15) is 4.79 Å². The monoisotopic (exact) mass is 272 g/mol. The number of aldehydes is 1. The zero-order chi connectivity index (χ0) is 12.3. The maximum Gasteiger partial charge on any atom is 0.151 e. The van der Waals surface area contributed by atoms with Crippen LogP contribution in [-0.4, -0.2) is 11.9 Å². The number of carbonyl (C=O) groups excluding carboxylic acids is 1. The molecule has 0 atom stereocenters. The van der Waals surface area contributed by atoms with Gasteiger partial charge in [0.25, 0.3) is 0 Å². The standard InChI is InChI=1S/C13H14Cl2O2/c14-11-3-4-12(15)10(7-11)8-17-13(9-16)5-1-2-6-13/h3-4,7,9H,1-2,5-6,8H2. The zero-order valence-electron chi connectivity index (χ0n) is 9.42. The zero-order valence-corrected chi connectivity index (χ0v) is 10.9. The lowest BCUT2D eigenvalue weighted by Gasteiger charge is -2.22. The SMILES string of the molecule is O=CC1(OCc2cc(Cl)ccc2Cl)CCCC1. The molecule has 0 aromatic heterocycles. The molecule has 1 aliphatic carbocycles. The first-order chi connectivity index (χ1) is 8.15. The summed E-state index contributed by atoms with van der Waals surface area (Å²) < 4.78 is 5.75. The smallest absolute Gasteiger partial charge is 0.151 e. The molecule has 2 rings (SSSR count). The molecule has 17 heavy (non-hydrogen) atoms. The second-order valence-electron chi connectivity index (χ2n) is 4.41. The first kappa shape index (κ1) is 12.9. The van der Waals surface area contributed by atoms with Crippen LogP contribution < -0.4 is 0 Å². The summed E-state index contributed by atoms with van der Waals surface area (Å²) in [5, 5.41) is 1.24. The van der Waals surface area contributed by atoms with Gasteiger partial charge in [0.2, 0.25) is 0 Å². The fourth-order valence-corrected chi connectivity index (χ4v) is 2.51. The van der Waals surface area contributed by atoms with E-state index in [0.29, 0.717) is 16.7 Å². The molecule has 1 aromatic carbocycles. The van der Waals surface area contributed by atoms with Gasteiger partial charge in [-0.05, 0) is 36.6 Å². The number of benzene rings is 1. The van der Waals surface area contributed by atoms with Crippen LogP contribution in [0.25, 0.3) is 0 Å². The minimum absolute atomic E-state index is 0.331. The Morgan fingerprint density at radius 2 is 2.00 bits per heavy atom. The molecule has 1 fully saturated rings. The van der Waals surface area contributed by atoms with Gasteiger partial charge in [0.05, 0.1) is 6.61 Å². The van der Waals surface area contributed by atoms with E-state index in [1.807, 2.05) is 0 Å². The number of carbonyl (C=O) groups is 1. The summed E-state index contributed by atoms with van der Waals surface area (Å²) in [5.74, 6) is 0. The Morgan fingerprint density at radius 1 is 1.29 bits per heavy atom. The van der Waals surface area contributed by atoms with Gasteiger partial charge in [-0.15, -0.1) is 0 Å². The van der Waals surface area contributed by atoms with Crippen LogP contribution in [0.2, 0.25) is 10.0 Å². The summed E-state index contributed by atoms with van der Waals surface area (Å²) in [6.45, 7) is 0.331.